The highest BCUT2D eigenvalue weighted by molar-refractivity contribution is 7.99. The summed E-state index contributed by atoms with van der Waals surface area (Å²) >= 11 is 1.78. The number of nitrogens with zero attached hydrogens (tertiary/aromatic N) is 4. The first-order valence-corrected chi connectivity index (χ1v) is 19.7. The number of benzene rings is 8. The van der Waals surface area contributed by atoms with Gasteiger partial charge in [0, 0.05) is 48.0 Å². The van der Waals surface area contributed by atoms with E-state index in [2.05, 4.69) is 192 Å². The zero-order chi connectivity index (χ0) is 37.2. The van der Waals surface area contributed by atoms with E-state index in [1.54, 1.807) is 11.8 Å². The molecule has 264 valence electrons. The van der Waals surface area contributed by atoms with E-state index < -0.39 is 0 Å². The molecule has 5 heteroatoms. The third-order valence-corrected chi connectivity index (χ3v) is 11.8. The molecule has 0 N–H and O–H groups in total. The maximum Gasteiger partial charge on any atom is 0.235 e. The van der Waals surface area contributed by atoms with Crippen molar-refractivity contribution in [2.24, 2.45) is 0 Å². The van der Waals surface area contributed by atoms with E-state index in [0.29, 0.717) is 5.95 Å². The average Bonchev–Trinajstić information content (AvgIpc) is 3.75. The Morgan fingerprint density at radius 1 is 0.393 bits per heavy atom. The Morgan fingerprint density at radius 2 is 0.964 bits per heavy atom. The molecule has 0 atom stereocenters. The lowest BCUT2D eigenvalue weighted by Crippen LogP contribution is -2.03. The van der Waals surface area contributed by atoms with E-state index in [4.69, 9.17) is 9.97 Å². The standard InChI is InChI=1S/C51H34N4S/c1-33-20-29-47-44(30-33)42-28-26-39(32-49(42)55(47)51-52-45-18-10-8-17-43(45)50(53-51)36-14-6-3-7-15-36)56-38-25-27-41-40-16-9-11-19-46(40)54(48(41)31-38)37-23-21-35(22-24-37)34-12-4-2-5-13-34/h2-32H,1H3. The lowest BCUT2D eigenvalue weighted by Gasteiger charge is -2.12. The van der Waals surface area contributed by atoms with Crippen molar-refractivity contribution in [1.82, 2.24) is 19.1 Å². The molecule has 0 spiro atoms. The highest BCUT2D eigenvalue weighted by Gasteiger charge is 2.19. The van der Waals surface area contributed by atoms with Crippen LogP contribution in [0.25, 0.3) is 88.5 Å². The van der Waals surface area contributed by atoms with Crippen molar-refractivity contribution in [3.05, 3.63) is 194 Å². The minimum absolute atomic E-state index is 0.665. The van der Waals surface area contributed by atoms with E-state index in [0.717, 1.165) is 43.8 Å². The molecule has 11 aromatic rings. The average molecular weight is 735 g/mol. The zero-order valence-corrected chi connectivity index (χ0v) is 31.4. The SMILES string of the molecule is Cc1ccc2c(c1)c1ccc(Sc3ccc4c5ccccc5n(-c5ccc(-c6ccccc6)cc5)c4c3)cc1n2-c1nc(-c2ccccc2)c2ccccc2n1. The van der Waals surface area contributed by atoms with Gasteiger partial charge in [0.25, 0.3) is 0 Å². The molecule has 0 fully saturated rings. The molecule has 0 saturated heterocycles. The van der Waals surface area contributed by atoms with Gasteiger partial charge in [-0.1, -0.05) is 145 Å². The van der Waals surface area contributed by atoms with Gasteiger partial charge in [0.05, 0.1) is 33.3 Å². The first kappa shape index (κ1) is 32.5. The van der Waals surface area contributed by atoms with Crippen molar-refractivity contribution in [2.45, 2.75) is 16.7 Å². The summed E-state index contributed by atoms with van der Waals surface area (Å²) in [6.07, 6.45) is 0. The number of hydrogen-bond acceptors (Lipinski definition) is 3. The van der Waals surface area contributed by atoms with Crippen molar-refractivity contribution in [1.29, 1.82) is 0 Å². The van der Waals surface area contributed by atoms with Gasteiger partial charge in [-0.3, -0.25) is 4.57 Å². The lowest BCUT2D eigenvalue weighted by atomic mass is 10.1. The van der Waals surface area contributed by atoms with Crippen LogP contribution < -0.4 is 0 Å². The Balaban J connectivity index is 1.05. The molecule has 0 radical (unpaired) electrons. The molecule has 56 heavy (non-hydrogen) atoms. The van der Waals surface area contributed by atoms with Crippen LogP contribution in [0.4, 0.5) is 0 Å². The molecular weight excluding hydrogens is 701 g/mol. The van der Waals surface area contributed by atoms with Crippen LogP contribution in [0.1, 0.15) is 5.56 Å². The molecular formula is C51H34N4S. The Labute approximate surface area is 328 Å². The molecule has 11 rings (SSSR count). The summed E-state index contributed by atoms with van der Waals surface area (Å²) in [4.78, 5) is 12.8. The van der Waals surface area contributed by atoms with Crippen LogP contribution in [0.5, 0.6) is 0 Å². The van der Waals surface area contributed by atoms with Crippen LogP contribution in [-0.2, 0) is 0 Å². The first-order valence-electron chi connectivity index (χ1n) is 18.9. The molecule has 4 nitrogen and oxygen atoms in total. The predicted octanol–water partition coefficient (Wildman–Crippen LogP) is 13.6. The van der Waals surface area contributed by atoms with Gasteiger partial charge >= 0.3 is 0 Å². The third-order valence-electron chi connectivity index (χ3n) is 10.8. The molecule has 0 amide bonds. The molecule has 0 aliphatic heterocycles. The van der Waals surface area contributed by atoms with Crippen molar-refractivity contribution >= 4 is 66.3 Å². The van der Waals surface area contributed by atoms with E-state index in [9.17, 15) is 0 Å². The molecule has 0 bridgehead atoms. The minimum Gasteiger partial charge on any atom is -0.309 e. The van der Waals surface area contributed by atoms with Gasteiger partial charge in [0.15, 0.2) is 0 Å². The summed E-state index contributed by atoms with van der Waals surface area (Å²) in [5, 5.41) is 5.90. The highest BCUT2D eigenvalue weighted by Crippen LogP contribution is 2.40. The Hall–Kier alpha value is -6.95. The van der Waals surface area contributed by atoms with Gasteiger partial charge in [0.1, 0.15) is 0 Å². The van der Waals surface area contributed by atoms with E-state index in [-0.39, 0.29) is 0 Å². The van der Waals surface area contributed by atoms with Gasteiger partial charge in [0.2, 0.25) is 5.95 Å². The number of fused-ring (bicyclic) bond motifs is 7. The number of hydrogen-bond donors (Lipinski definition) is 0. The van der Waals surface area contributed by atoms with Crippen LogP contribution in [0.3, 0.4) is 0 Å². The fraction of sp³-hybridized carbons (Fsp3) is 0.0196. The number of para-hydroxylation sites is 2. The van der Waals surface area contributed by atoms with E-state index in [1.807, 2.05) is 12.1 Å². The van der Waals surface area contributed by atoms with Gasteiger partial charge in [-0.15, -0.1) is 0 Å². The number of aromatic nitrogens is 4. The fourth-order valence-electron chi connectivity index (χ4n) is 8.24. The summed E-state index contributed by atoms with van der Waals surface area (Å²) < 4.78 is 4.64. The highest BCUT2D eigenvalue weighted by atomic mass is 32.2. The van der Waals surface area contributed by atoms with Gasteiger partial charge < -0.3 is 4.57 Å². The molecule has 0 saturated carbocycles. The number of rotatable bonds is 6. The second-order valence-corrected chi connectivity index (χ2v) is 15.5. The summed E-state index contributed by atoms with van der Waals surface area (Å²) in [5.74, 6) is 0.665. The zero-order valence-electron chi connectivity index (χ0n) is 30.6. The number of aryl methyl sites for hydroxylation is 1. The van der Waals surface area contributed by atoms with Crippen molar-refractivity contribution in [3.8, 4) is 34.0 Å². The summed E-state index contributed by atoms with van der Waals surface area (Å²) in [6, 6.07) is 67.3. The Morgan fingerprint density at radius 3 is 1.71 bits per heavy atom. The molecule has 3 heterocycles. The molecule has 0 unspecified atom stereocenters. The normalized spacial score (nSPS) is 11.7. The lowest BCUT2D eigenvalue weighted by molar-refractivity contribution is 1.01. The summed E-state index contributed by atoms with van der Waals surface area (Å²) in [6.45, 7) is 2.15. The summed E-state index contributed by atoms with van der Waals surface area (Å²) in [5.41, 5.74) is 12.3. The van der Waals surface area contributed by atoms with Crippen LogP contribution in [0, 0.1) is 6.92 Å². The Kier molecular flexibility index (Phi) is 7.61. The smallest absolute Gasteiger partial charge is 0.235 e. The first-order chi connectivity index (χ1) is 27.7. The summed E-state index contributed by atoms with van der Waals surface area (Å²) in [7, 11) is 0. The predicted molar refractivity (Wildman–Crippen MR) is 234 cm³/mol. The molecule has 8 aromatic carbocycles. The van der Waals surface area contributed by atoms with Crippen LogP contribution in [-0.4, -0.2) is 19.1 Å². The van der Waals surface area contributed by atoms with Crippen LogP contribution in [0.2, 0.25) is 0 Å². The second-order valence-electron chi connectivity index (χ2n) is 14.3. The fourth-order valence-corrected chi connectivity index (χ4v) is 9.12. The quantitative estimate of drug-likeness (QED) is 0.171. The monoisotopic (exact) mass is 734 g/mol. The molecule has 3 aromatic heterocycles. The topological polar surface area (TPSA) is 35.6 Å². The largest absolute Gasteiger partial charge is 0.309 e. The van der Waals surface area contributed by atoms with Crippen LogP contribution >= 0.6 is 11.8 Å². The van der Waals surface area contributed by atoms with Crippen molar-refractivity contribution in [2.75, 3.05) is 0 Å². The minimum atomic E-state index is 0.665. The Bertz CT molecular complexity index is 3270. The van der Waals surface area contributed by atoms with Gasteiger partial charge in [-0.2, -0.15) is 0 Å². The van der Waals surface area contributed by atoms with Gasteiger partial charge in [-0.05, 0) is 78.7 Å². The van der Waals surface area contributed by atoms with E-state index in [1.165, 1.54) is 54.2 Å². The van der Waals surface area contributed by atoms with Gasteiger partial charge in [-0.25, -0.2) is 9.97 Å². The third kappa shape index (κ3) is 5.39. The van der Waals surface area contributed by atoms with Crippen molar-refractivity contribution in [3.63, 3.8) is 0 Å². The maximum absolute atomic E-state index is 5.31. The van der Waals surface area contributed by atoms with Crippen LogP contribution in [0.15, 0.2) is 198 Å². The maximum atomic E-state index is 5.31. The second kappa shape index (κ2) is 13.1. The molecule has 0 aliphatic carbocycles. The molecule has 0 aliphatic rings. The van der Waals surface area contributed by atoms with Crippen molar-refractivity contribution < 1.29 is 0 Å². The van der Waals surface area contributed by atoms with E-state index >= 15 is 0 Å².